The second-order valence-corrected chi connectivity index (χ2v) is 22.0. The molecule has 0 saturated carbocycles. The third-order valence-corrected chi connectivity index (χ3v) is 22.1. The Labute approximate surface area is 253 Å². The zero-order valence-corrected chi connectivity index (χ0v) is 30.4. The molecule has 200 valence electrons. The summed E-state index contributed by atoms with van der Waals surface area (Å²) in [6.45, 7) is 14.6. The first-order chi connectivity index (χ1) is 17.0. The zero-order chi connectivity index (χ0) is 24.9. The Kier molecular flexibility index (Phi) is 14.3. The predicted octanol–water partition coefficient (Wildman–Crippen LogP) is 4.65. The maximum Gasteiger partial charge on any atom is -1.00 e. The van der Waals surface area contributed by atoms with Gasteiger partial charge in [0.2, 0.25) is 0 Å². The summed E-state index contributed by atoms with van der Waals surface area (Å²) in [5.74, 6) is 0. The van der Waals surface area contributed by atoms with Gasteiger partial charge in [-0.3, -0.25) is 0 Å². The van der Waals surface area contributed by atoms with E-state index < -0.39 is 22.9 Å². The van der Waals surface area contributed by atoms with Gasteiger partial charge in [0.05, 0.1) is 0 Å². The molecule has 0 radical (unpaired) electrons. The second kappa shape index (κ2) is 15.9. The van der Waals surface area contributed by atoms with Crippen molar-refractivity contribution in [3.63, 3.8) is 0 Å². The Morgan fingerprint density at radius 2 is 1.11 bits per heavy atom. The fourth-order valence-corrected chi connectivity index (χ4v) is 23.0. The van der Waals surface area contributed by atoms with Crippen LogP contribution in [0.15, 0.2) is 59.2 Å². The minimum Gasteiger partial charge on any atom is -1.00 e. The summed E-state index contributed by atoms with van der Waals surface area (Å²) < 4.78 is 1.54. The van der Waals surface area contributed by atoms with E-state index in [4.69, 9.17) is 0 Å². The van der Waals surface area contributed by atoms with Crippen LogP contribution in [0, 0.1) is 0 Å². The van der Waals surface area contributed by atoms with Crippen molar-refractivity contribution < 1.29 is 47.7 Å². The van der Waals surface area contributed by atoms with Crippen molar-refractivity contribution in [2.45, 2.75) is 85.9 Å². The Morgan fingerprint density at radius 1 is 0.676 bits per heavy atom. The third kappa shape index (κ3) is 7.70. The number of hydrogen-bond donors (Lipinski definition) is 0. The average Bonchev–Trinajstić information content (AvgIpc) is 3.38. The van der Waals surface area contributed by atoms with E-state index in [9.17, 15) is 0 Å². The van der Waals surface area contributed by atoms with Crippen LogP contribution in [0.4, 0.5) is 0 Å². The number of fused-ring (bicyclic) bond motifs is 2. The molecule has 2 aliphatic rings. The maximum absolute atomic E-state index is 2.68. The molecule has 0 heterocycles. The van der Waals surface area contributed by atoms with E-state index >= 15 is 0 Å². The molecule has 0 spiro atoms. The van der Waals surface area contributed by atoms with Crippen molar-refractivity contribution >= 4 is 28.0 Å². The van der Waals surface area contributed by atoms with Gasteiger partial charge in [0.25, 0.3) is 0 Å². The first kappa shape index (κ1) is 33.4. The average molecular weight is 740 g/mol. The van der Waals surface area contributed by atoms with Crippen LogP contribution in [0.5, 0.6) is 0 Å². The molecule has 0 nitrogen and oxygen atoms in total. The third-order valence-electron chi connectivity index (χ3n) is 7.48. The number of halogens is 2. The number of hydrogen-bond acceptors (Lipinski definition) is 0. The topological polar surface area (TPSA) is 0 Å². The molecule has 0 N–H and O–H groups in total. The molecule has 5 heteroatoms. The van der Waals surface area contributed by atoms with Crippen molar-refractivity contribution in [1.29, 1.82) is 0 Å². The van der Waals surface area contributed by atoms with Crippen LogP contribution in [-0.2, 0) is 22.9 Å². The van der Waals surface area contributed by atoms with Crippen LogP contribution < -0.4 is 24.8 Å². The summed E-state index contributed by atoms with van der Waals surface area (Å²) in [5, 5.41) is 3.75. The molecule has 0 amide bonds. The standard InChI is InChI=1S/C17H24P.C15H20P.2ClH.Hf/c1-3-5-11-18(12-6-4-2)17-13-15-9-7-8-10-16(15)14-17;1-11(2)16(12(3)4)15-9-13-7-5-6-8-14(13)10-15;;;/h7-10,13-14H,3-6,11-12H2,1-2H3;5-12H,1-4H3;2*1H;/q;;;;+2/p-2. The molecular weight excluding hydrogens is 696 g/mol. The van der Waals surface area contributed by atoms with Crippen molar-refractivity contribution in [2.24, 2.45) is 0 Å². The van der Waals surface area contributed by atoms with Gasteiger partial charge in [0, 0.05) is 0 Å². The van der Waals surface area contributed by atoms with Gasteiger partial charge in [-0.05, 0) is 0 Å². The number of unbranched alkanes of at least 4 members (excludes halogenated alkanes) is 2. The Balaban J connectivity index is 0.00000241. The quantitative estimate of drug-likeness (QED) is 0.220. The van der Waals surface area contributed by atoms with Crippen molar-refractivity contribution in [2.75, 3.05) is 12.3 Å². The minimum atomic E-state index is -1.13. The van der Waals surface area contributed by atoms with Gasteiger partial charge in [0.1, 0.15) is 0 Å². The van der Waals surface area contributed by atoms with Crippen LogP contribution in [0.2, 0.25) is 0 Å². The fourth-order valence-electron chi connectivity index (χ4n) is 5.89. The summed E-state index contributed by atoms with van der Waals surface area (Å²) in [5.41, 5.74) is 7.96. The van der Waals surface area contributed by atoms with Gasteiger partial charge >= 0.3 is 231 Å². The van der Waals surface area contributed by atoms with E-state index in [1.54, 1.807) is 16.7 Å². The molecule has 4 rings (SSSR count). The first-order valence-corrected chi connectivity index (χ1v) is 21.2. The molecule has 0 aromatic heterocycles. The van der Waals surface area contributed by atoms with E-state index in [0.29, 0.717) is 0 Å². The molecule has 0 bridgehead atoms. The van der Waals surface area contributed by atoms with E-state index in [2.05, 4.69) is 102 Å². The second-order valence-electron chi connectivity index (χ2n) is 10.7. The molecule has 2 atom stereocenters. The summed E-state index contributed by atoms with van der Waals surface area (Å²) in [6, 6.07) is 18.9. The fraction of sp³-hybridized carbons (Fsp3) is 0.500. The van der Waals surface area contributed by atoms with Gasteiger partial charge in [-0.2, -0.15) is 0 Å². The van der Waals surface area contributed by atoms with E-state index in [0.717, 1.165) is 18.7 Å². The summed E-state index contributed by atoms with van der Waals surface area (Å²) in [6.07, 6.45) is 13.7. The monoisotopic (exact) mass is 740 g/mol. The zero-order valence-electron chi connectivity index (χ0n) is 23.5. The molecule has 0 aliphatic heterocycles. The minimum absolute atomic E-state index is 0. The van der Waals surface area contributed by atoms with Gasteiger partial charge in [-0.15, -0.1) is 0 Å². The molecule has 37 heavy (non-hydrogen) atoms. The predicted molar refractivity (Wildman–Crippen MR) is 158 cm³/mol. The van der Waals surface area contributed by atoms with E-state index in [-0.39, 0.29) is 40.7 Å². The van der Waals surface area contributed by atoms with Gasteiger partial charge in [-0.25, -0.2) is 0 Å². The summed E-state index contributed by atoms with van der Waals surface area (Å²) in [4.78, 5) is 0. The SMILES string of the molecule is CCCCP(CCCC)C1=Cc2ccccc2[CH]1[Hf+2][CH]1C(P(C(C)C)C(C)C)=Cc2ccccc21.[Cl-].[Cl-]. The Morgan fingerprint density at radius 3 is 1.57 bits per heavy atom. The smallest absolute Gasteiger partial charge is 1.00 e. The number of rotatable bonds is 12. The molecule has 0 saturated heterocycles. The Hall–Kier alpha value is 0.230. The molecule has 0 fully saturated rings. The first-order valence-electron chi connectivity index (χ1n) is 13.9. The van der Waals surface area contributed by atoms with Crippen LogP contribution >= 0.6 is 15.8 Å². The summed E-state index contributed by atoms with van der Waals surface area (Å²) in [7, 11) is -0.111. The van der Waals surface area contributed by atoms with Crippen LogP contribution in [0.3, 0.4) is 0 Å². The number of allylic oxidation sites excluding steroid dienone is 2. The number of benzene rings is 2. The normalized spacial score (nSPS) is 17.8. The van der Waals surface area contributed by atoms with Crippen molar-refractivity contribution in [1.82, 2.24) is 0 Å². The van der Waals surface area contributed by atoms with Crippen molar-refractivity contribution in [3.8, 4) is 0 Å². The van der Waals surface area contributed by atoms with E-state index in [1.165, 1.54) is 43.6 Å². The van der Waals surface area contributed by atoms with E-state index in [1.807, 2.05) is 10.6 Å². The Bertz CT molecular complexity index is 1050. The summed E-state index contributed by atoms with van der Waals surface area (Å²) >= 11 is -1.13. The van der Waals surface area contributed by atoms with Crippen LogP contribution in [-0.4, -0.2) is 23.6 Å². The molecule has 2 aliphatic carbocycles. The molecule has 2 aromatic rings. The van der Waals surface area contributed by atoms with Crippen LogP contribution in [0.1, 0.15) is 96.8 Å². The van der Waals surface area contributed by atoms with Gasteiger partial charge < -0.3 is 24.8 Å². The largest absolute Gasteiger partial charge is 1.00 e. The molecule has 2 aromatic carbocycles. The molecule has 2 unspecified atom stereocenters. The van der Waals surface area contributed by atoms with Gasteiger partial charge in [0.15, 0.2) is 0 Å². The maximum atomic E-state index is 2.68. The van der Waals surface area contributed by atoms with Gasteiger partial charge in [-0.1, -0.05) is 0 Å². The van der Waals surface area contributed by atoms with Crippen molar-refractivity contribution in [3.05, 3.63) is 81.4 Å². The van der Waals surface area contributed by atoms with Crippen LogP contribution in [0.25, 0.3) is 12.2 Å². The molecular formula is C32H44Cl2HfP2.